The summed E-state index contributed by atoms with van der Waals surface area (Å²) in [4.78, 5) is 25.4. The third kappa shape index (κ3) is 4.89. The molecule has 1 aliphatic rings. The monoisotopic (exact) mass is 366 g/mol. The minimum atomic E-state index is -3.59. The Kier molecular flexibility index (Phi) is 6.72. The first-order valence-corrected chi connectivity index (χ1v) is 10.2. The number of amides is 1. The van der Waals surface area contributed by atoms with Crippen LogP contribution in [-0.2, 0) is 14.8 Å². The number of Topliss-reactive ketones (excluding diaryl/α,β-unsaturated/α-hetero) is 1. The highest BCUT2D eigenvalue weighted by atomic mass is 32.2. The van der Waals surface area contributed by atoms with Crippen molar-refractivity contribution in [1.29, 1.82) is 0 Å². The fraction of sp³-hybridized carbons (Fsp3) is 0.556. The Morgan fingerprint density at radius 1 is 1.00 bits per heavy atom. The standard InChI is InChI=1S/C18H26N2O4S/c1-3-4-5-6-18(22)19-11-13-20(14-12-19)25(23,24)17-9-7-16(8-10-17)15(2)21/h7-10H,3-6,11-14H2,1-2H3. The van der Waals surface area contributed by atoms with E-state index in [0.29, 0.717) is 38.2 Å². The number of sulfonamides is 1. The summed E-state index contributed by atoms with van der Waals surface area (Å²) in [7, 11) is -3.59. The van der Waals surface area contributed by atoms with Gasteiger partial charge < -0.3 is 4.90 Å². The Bertz CT molecular complexity index is 705. The van der Waals surface area contributed by atoms with Crippen molar-refractivity contribution in [2.75, 3.05) is 26.2 Å². The summed E-state index contributed by atoms with van der Waals surface area (Å²) in [5, 5.41) is 0. The second-order valence-electron chi connectivity index (χ2n) is 6.32. The lowest BCUT2D eigenvalue weighted by Gasteiger charge is -2.34. The van der Waals surface area contributed by atoms with Crippen LogP contribution in [0.5, 0.6) is 0 Å². The average Bonchev–Trinajstić information content (AvgIpc) is 2.62. The Morgan fingerprint density at radius 3 is 2.12 bits per heavy atom. The molecule has 0 unspecified atom stereocenters. The summed E-state index contributed by atoms with van der Waals surface area (Å²) in [6.45, 7) is 5.00. The largest absolute Gasteiger partial charge is 0.340 e. The molecule has 0 spiro atoms. The van der Waals surface area contributed by atoms with Crippen LogP contribution in [0.1, 0.15) is 49.9 Å². The quantitative estimate of drug-likeness (QED) is 0.548. The lowest BCUT2D eigenvalue weighted by molar-refractivity contribution is -0.132. The van der Waals surface area contributed by atoms with Crippen molar-refractivity contribution < 1.29 is 18.0 Å². The first-order valence-electron chi connectivity index (χ1n) is 8.75. The van der Waals surface area contributed by atoms with E-state index >= 15 is 0 Å². The van der Waals surface area contributed by atoms with Gasteiger partial charge in [0, 0.05) is 38.2 Å². The normalized spacial score (nSPS) is 16.0. The second-order valence-corrected chi connectivity index (χ2v) is 8.26. The summed E-state index contributed by atoms with van der Waals surface area (Å²) in [5.41, 5.74) is 0.487. The predicted octanol–water partition coefficient (Wildman–Crippen LogP) is 2.30. The van der Waals surface area contributed by atoms with Crippen LogP contribution in [0.2, 0.25) is 0 Å². The van der Waals surface area contributed by atoms with Gasteiger partial charge in [-0.05, 0) is 25.5 Å². The van der Waals surface area contributed by atoms with E-state index in [1.807, 2.05) is 0 Å². The maximum atomic E-state index is 12.7. The van der Waals surface area contributed by atoms with Gasteiger partial charge in [-0.1, -0.05) is 31.9 Å². The number of carbonyl (C=O) groups is 2. The van der Waals surface area contributed by atoms with Crippen molar-refractivity contribution in [3.05, 3.63) is 29.8 Å². The number of hydrogen-bond donors (Lipinski definition) is 0. The summed E-state index contributed by atoms with van der Waals surface area (Å²) in [6.07, 6.45) is 3.53. The average molecular weight is 366 g/mol. The third-order valence-electron chi connectivity index (χ3n) is 4.48. The smallest absolute Gasteiger partial charge is 0.243 e. The fourth-order valence-corrected chi connectivity index (χ4v) is 4.30. The van der Waals surface area contributed by atoms with Crippen molar-refractivity contribution in [2.45, 2.75) is 44.4 Å². The SMILES string of the molecule is CCCCCC(=O)N1CCN(S(=O)(=O)c2ccc(C(C)=O)cc2)CC1. The number of hydrogen-bond acceptors (Lipinski definition) is 4. The number of benzene rings is 1. The Labute approximate surface area is 149 Å². The highest BCUT2D eigenvalue weighted by Crippen LogP contribution is 2.19. The molecule has 0 atom stereocenters. The van der Waals surface area contributed by atoms with Crippen LogP contribution < -0.4 is 0 Å². The molecule has 2 rings (SSSR count). The minimum Gasteiger partial charge on any atom is -0.340 e. The summed E-state index contributed by atoms with van der Waals surface area (Å²) >= 11 is 0. The second kappa shape index (κ2) is 8.58. The molecule has 1 amide bonds. The molecule has 138 valence electrons. The van der Waals surface area contributed by atoms with Gasteiger partial charge in [-0.15, -0.1) is 0 Å². The fourth-order valence-electron chi connectivity index (χ4n) is 2.87. The van der Waals surface area contributed by atoms with Gasteiger partial charge >= 0.3 is 0 Å². The number of carbonyl (C=O) groups excluding carboxylic acids is 2. The van der Waals surface area contributed by atoms with Crippen molar-refractivity contribution in [3.8, 4) is 0 Å². The molecule has 0 aromatic heterocycles. The van der Waals surface area contributed by atoms with Crippen LogP contribution in [-0.4, -0.2) is 55.5 Å². The van der Waals surface area contributed by atoms with E-state index in [1.54, 1.807) is 4.90 Å². The van der Waals surface area contributed by atoms with Crippen LogP contribution in [0.15, 0.2) is 29.2 Å². The molecule has 0 bridgehead atoms. The van der Waals surface area contributed by atoms with Crippen molar-refractivity contribution in [2.24, 2.45) is 0 Å². The van der Waals surface area contributed by atoms with Crippen molar-refractivity contribution >= 4 is 21.7 Å². The lowest BCUT2D eigenvalue weighted by atomic mass is 10.2. The van der Waals surface area contributed by atoms with E-state index in [2.05, 4.69) is 6.92 Å². The van der Waals surface area contributed by atoms with Gasteiger partial charge in [0.25, 0.3) is 0 Å². The number of ketones is 1. The van der Waals surface area contributed by atoms with E-state index in [4.69, 9.17) is 0 Å². The molecule has 0 aliphatic carbocycles. The van der Waals surface area contributed by atoms with E-state index in [-0.39, 0.29) is 16.6 Å². The molecule has 1 aromatic rings. The van der Waals surface area contributed by atoms with E-state index < -0.39 is 10.0 Å². The van der Waals surface area contributed by atoms with Gasteiger partial charge in [-0.25, -0.2) is 8.42 Å². The van der Waals surface area contributed by atoms with E-state index in [0.717, 1.165) is 19.3 Å². The van der Waals surface area contributed by atoms with Crippen LogP contribution in [0, 0.1) is 0 Å². The molecule has 25 heavy (non-hydrogen) atoms. The zero-order chi connectivity index (χ0) is 18.4. The minimum absolute atomic E-state index is 0.0980. The lowest BCUT2D eigenvalue weighted by Crippen LogP contribution is -2.50. The summed E-state index contributed by atoms with van der Waals surface area (Å²) in [6, 6.07) is 5.99. The van der Waals surface area contributed by atoms with Gasteiger partial charge in [0.1, 0.15) is 0 Å². The van der Waals surface area contributed by atoms with Crippen LogP contribution in [0.3, 0.4) is 0 Å². The maximum absolute atomic E-state index is 12.7. The van der Waals surface area contributed by atoms with Gasteiger partial charge in [0.05, 0.1) is 4.90 Å². The van der Waals surface area contributed by atoms with E-state index in [9.17, 15) is 18.0 Å². The highest BCUT2D eigenvalue weighted by molar-refractivity contribution is 7.89. The van der Waals surface area contributed by atoms with Crippen molar-refractivity contribution in [1.82, 2.24) is 9.21 Å². The summed E-state index contributed by atoms with van der Waals surface area (Å²) < 4.78 is 26.8. The van der Waals surface area contributed by atoms with Crippen LogP contribution in [0.4, 0.5) is 0 Å². The molecule has 1 heterocycles. The number of rotatable bonds is 7. The van der Waals surface area contributed by atoms with Crippen LogP contribution >= 0.6 is 0 Å². The maximum Gasteiger partial charge on any atom is 0.243 e. The predicted molar refractivity (Wildman–Crippen MR) is 95.9 cm³/mol. The van der Waals surface area contributed by atoms with Gasteiger partial charge in [0.2, 0.25) is 15.9 Å². The molecule has 0 N–H and O–H groups in total. The molecular formula is C18H26N2O4S. The molecule has 6 nitrogen and oxygen atoms in total. The van der Waals surface area contributed by atoms with Crippen LogP contribution in [0.25, 0.3) is 0 Å². The molecule has 0 saturated carbocycles. The molecule has 7 heteroatoms. The van der Waals surface area contributed by atoms with Gasteiger partial charge in [0.15, 0.2) is 5.78 Å². The molecular weight excluding hydrogens is 340 g/mol. The zero-order valence-electron chi connectivity index (χ0n) is 14.9. The Balaban J connectivity index is 1.96. The Morgan fingerprint density at radius 2 is 1.60 bits per heavy atom. The first-order chi connectivity index (χ1) is 11.9. The summed E-state index contributed by atoms with van der Waals surface area (Å²) in [5.74, 6) is 0.00968. The molecule has 0 radical (unpaired) electrons. The van der Waals surface area contributed by atoms with Gasteiger partial charge in [-0.3, -0.25) is 9.59 Å². The topological polar surface area (TPSA) is 74.8 Å². The molecule has 1 fully saturated rings. The number of nitrogens with zero attached hydrogens (tertiary/aromatic N) is 2. The Hall–Kier alpha value is -1.73. The first kappa shape index (κ1) is 19.6. The molecule has 1 aromatic carbocycles. The van der Waals surface area contributed by atoms with Gasteiger partial charge in [-0.2, -0.15) is 4.31 Å². The van der Waals surface area contributed by atoms with E-state index in [1.165, 1.54) is 35.5 Å². The zero-order valence-corrected chi connectivity index (χ0v) is 15.7. The van der Waals surface area contributed by atoms with Crippen molar-refractivity contribution in [3.63, 3.8) is 0 Å². The molecule has 1 saturated heterocycles. The highest BCUT2D eigenvalue weighted by Gasteiger charge is 2.29. The molecule has 1 aliphatic heterocycles. The number of unbranched alkanes of at least 4 members (excludes halogenated alkanes) is 2. The third-order valence-corrected chi connectivity index (χ3v) is 6.40. The number of piperazine rings is 1.